The van der Waals surface area contributed by atoms with Gasteiger partial charge in [0.1, 0.15) is 0 Å². The third kappa shape index (κ3) is 6.55. The molecule has 166 valence electrons. The van der Waals surface area contributed by atoms with E-state index in [1.54, 1.807) is 24.3 Å². The van der Waals surface area contributed by atoms with Crippen molar-refractivity contribution in [1.82, 2.24) is 15.5 Å². The highest BCUT2D eigenvalue weighted by molar-refractivity contribution is 6.33. The van der Waals surface area contributed by atoms with Crippen LogP contribution in [-0.2, 0) is 4.79 Å². The second-order valence-electron chi connectivity index (χ2n) is 8.76. The van der Waals surface area contributed by atoms with Crippen LogP contribution < -0.4 is 10.6 Å². The summed E-state index contributed by atoms with van der Waals surface area (Å²) in [5.74, 6) is -0.376. The number of likely N-dealkylation sites (tertiary alicyclic amines) is 1. The number of amides is 2. The Labute approximate surface area is 190 Å². The SMILES string of the molecule is CC(C)(CNC(=O)C[C@H](NC(=O)c1ccccc1Cl)c1ccccc1)N1CCCCC1. The zero-order valence-electron chi connectivity index (χ0n) is 18.4. The topological polar surface area (TPSA) is 61.4 Å². The molecule has 0 unspecified atom stereocenters. The van der Waals surface area contributed by atoms with Crippen molar-refractivity contribution in [3.05, 3.63) is 70.7 Å². The Hall–Kier alpha value is -2.37. The largest absolute Gasteiger partial charge is 0.354 e. The van der Waals surface area contributed by atoms with Gasteiger partial charge in [-0.25, -0.2) is 0 Å². The van der Waals surface area contributed by atoms with E-state index in [4.69, 9.17) is 11.6 Å². The van der Waals surface area contributed by atoms with E-state index in [0.29, 0.717) is 17.1 Å². The molecular weight excluding hydrogens is 410 g/mol. The molecule has 5 nitrogen and oxygen atoms in total. The second kappa shape index (κ2) is 10.8. The van der Waals surface area contributed by atoms with Crippen LogP contribution in [-0.4, -0.2) is 41.9 Å². The van der Waals surface area contributed by atoms with Crippen LogP contribution in [0.5, 0.6) is 0 Å². The number of rotatable bonds is 8. The van der Waals surface area contributed by atoms with Crippen molar-refractivity contribution in [3.63, 3.8) is 0 Å². The standard InChI is InChI=1S/C25H32ClN3O2/c1-25(2,29-15-9-4-10-16-29)18-27-23(30)17-22(19-11-5-3-6-12-19)28-24(31)20-13-7-8-14-21(20)26/h3,5-8,11-14,22H,4,9-10,15-18H2,1-2H3,(H,27,30)(H,28,31)/t22-/m0/s1. The lowest BCUT2D eigenvalue weighted by molar-refractivity contribution is -0.122. The molecule has 0 bridgehead atoms. The molecule has 0 aromatic heterocycles. The minimum atomic E-state index is -0.442. The summed E-state index contributed by atoms with van der Waals surface area (Å²) in [5.41, 5.74) is 1.18. The van der Waals surface area contributed by atoms with Gasteiger partial charge in [0.25, 0.3) is 5.91 Å². The van der Waals surface area contributed by atoms with Crippen molar-refractivity contribution in [2.24, 2.45) is 0 Å². The molecule has 1 fully saturated rings. The Morgan fingerprint density at radius 1 is 1.00 bits per heavy atom. The molecule has 31 heavy (non-hydrogen) atoms. The molecule has 1 heterocycles. The maximum Gasteiger partial charge on any atom is 0.253 e. The highest BCUT2D eigenvalue weighted by Gasteiger charge is 2.29. The zero-order chi connectivity index (χ0) is 22.3. The van der Waals surface area contributed by atoms with Crippen LogP contribution in [0, 0.1) is 0 Å². The number of halogens is 1. The van der Waals surface area contributed by atoms with Crippen molar-refractivity contribution in [2.75, 3.05) is 19.6 Å². The van der Waals surface area contributed by atoms with Crippen LogP contribution in [0.2, 0.25) is 5.02 Å². The van der Waals surface area contributed by atoms with Crippen LogP contribution in [0.25, 0.3) is 0 Å². The number of nitrogens with one attached hydrogen (secondary N) is 2. The molecular formula is C25H32ClN3O2. The van der Waals surface area contributed by atoms with E-state index < -0.39 is 6.04 Å². The molecule has 1 aliphatic heterocycles. The van der Waals surface area contributed by atoms with Crippen LogP contribution in [0.15, 0.2) is 54.6 Å². The van der Waals surface area contributed by atoms with E-state index in [2.05, 4.69) is 29.4 Å². The molecule has 1 saturated heterocycles. The normalized spacial score (nSPS) is 15.8. The van der Waals surface area contributed by atoms with Crippen molar-refractivity contribution in [3.8, 4) is 0 Å². The van der Waals surface area contributed by atoms with Crippen molar-refractivity contribution in [2.45, 2.75) is 51.1 Å². The van der Waals surface area contributed by atoms with E-state index in [1.807, 2.05) is 30.3 Å². The number of hydrogen-bond donors (Lipinski definition) is 2. The molecule has 3 rings (SSSR count). The smallest absolute Gasteiger partial charge is 0.253 e. The van der Waals surface area contributed by atoms with Crippen molar-refractivity contribution < 1.29 is 9.59 Å². The lowest BCUT2D eigenvalue weighted by Crippen LogP contribution is -2.53. The first-order chi connectivity index (χ1) is 14.9. The van der Waals surface area contributed by atoms with E-state index in [9.17, 15) is 9.59 Å². The monoisotopic (exact) mass is 441 g/mol. The molecule has 1 atom stereocenters. The molecule has 2 amide bonds. The van der Waals surface area contributed by atoms with Gasteiger partial charge in [0.05, 0.1) is 23.0 Å². The summed E-state index contributed by atoms with van der Waals surface area (Å²) in [6, 6.07) is 16.0. The van der Waals surface area contributed by atoms with Crippen molar-refractivity contribution in [1.29, 1.82) is 0 Å². The maximum atomic E-state index is 12.8. The van der Waals surface area contributed by atoms with Crippen molar-refractivity contribution >= 4 is 23.4 Å². The van der Waals surface area contributed by atoms with E-state index in [0.717, 1.165) is 18.7 Å². The van der Waals surface area contributed by atoms with Crippen LogP contribution in [0.1, 0.15) is 61.5 Å². The summed E-state index contributed by atoms with van der Waals surface area (Å²) in [7, 11) is 0. The molecule has 0 aliphatic carbocycles. The molecule has 0 spiro atoms. The number of carbonyl (C=O) groups excluding carboxylic acids is 2. The van der Waals surface area contributed by atoms with Crippen LogP contribution >= 0.6 is 11.6 Å². The van der Waals surface area contributed by atoms with Gasteiger partial charge in [0.2, 0.25) is 5.91 Å². The van der Waals surface area contributed by atoms with Crippen LogP contribution in [0.4, 0.5) is 0 Å². The Bertz CT molecular complexity index is 879. The summed E-state index contributed by atoms with van der Waals surface area (Å²) < 4.78 is 0. The molecule has 2 N–H and O–H groups in total. The summed E-state index contributed by atoms with van der Waals surface area (Å²) in [6.45, 7) is 7.07. The number of piperidine rings is 1. The fourth-order valence-electron chi connectivity index (χ4n) is 4.00. The molecule has 2 aromatic rings. The third-order valence-corrected chi connectivity index (χ3v) is 6.28. The molecule has 6 heteroatoms. The minimum absolute atomic E-state index is 0.0848. The lowest BCUT2D eigenvalue weighted by atomic mass is 9.98. The summed E-state index contributed by atoms with van der Waals surface area (Å²) >= 11 is 6.18. The van der Waals surface area contributed by atoms with E-state index in [1.165, 1.54) is 19.3 Å². The van der Waals surface area contributed by atoms with E-state index in [-0.39, 0.29) is 23.8 Å². The number of hydrogen-bond acceptors (Lipinski definition) is 3. The maximum absolute atomic E-state index is 12.8. The average Bonchev–Trinajstić information content (AvgIpc) is 2.79. The van der Waals surface area contributed by atoms with Gasteiger partial charge in [-0.1, -0.05) is 60.5 Å². The number of nitrogens with zero attached hydrogens (tertiary/aromatic N) is 1. The average molecular weight is 442 g/mol. The second-order valence-corrected chi connectivity index (χ2v) is 9.16. The van der Waals surface area contributed by atoms with E-state index >= 15 is 0 Å². The Morgan fingerprint density at radius 3 is 2.32 bits per heavy atom. The molecule has 1 aliphatic rings. The highest BCUT2D eigenvalue weighted by Crippen LogP contribution is 2.22. The lowest BCUT2D eigenvalue weighted by Gasteiger charge is -2.41. The fourth-order valence-corrected chi connectivity index (χ4v) is 4.22. The summed E-state index contributed by atoms with van der Waals surface area (Å²) in [6.07, 6.45) is 3.86. The molecule has 0 saturated carbocycles. The van der Waals surface area contributed by atoms with Gasteiger partial charge in [0.15, 0.2) is 0 Å². The molecule has 2 aromatic carbocycles. The predicted molar refractivity (Wildman–Crippen MR) is 125 cm³/mol. The number of carbonyl (C=O) groups is 2. The van der Waals surface area contributed by atoms with Crippen LogP contribution in [0.3, 0.4) is 0 Å². The van der Waals surface area contributed by atoms with Gasteiger partial charge in [-0.3, -0.25) is 14.5 Å². The Balaban J connectivity index is 1.65. The zero-order valence-corrected chi connectivity index (χ0v) is 19.1. The first-order valence-corrected chi connectivity index (χ1v) is 11.4. The first-order valence-electron chi connectivity index (χ1n) is 11.0. The third-order valence-electron chi connectivity index (χ3n) is 5.95. The minimum Gasteiger partial charge on any atom is -0.354 e. The van der Waals surface area contributed by atoms with Gasteiger partial charge in [0, 0.05) is 12.1 Å². The van der Waals surface area contributed by atoms with Gasteiger partial charge in [-0.15, -0.1) is 0 Å². The predicted octanol–water partition coefficient (Wildman–Crippen LogP) is 4.58. The quantitative estimate of drug-likeness (QED) is 0.630. The molecule has 0 radical (unpaired) electrons. The summed E-state index contributed by atoms with van der Waals surface area (Å²) in [5, 5.41) is 6.46. The first kappa shape index (κ1) is 23.3. The number of benzene rings is 2. The van der Waals surface area contributed by atoms with Gasteiger partial charge in [-0.2, -0.15) is 0 Å². The Morgan fingerprint density at radius 2 is 1.65 bits per heavy atom. The van der Waals surface area contributed by atoms with Gasteiger partial charge in [-0.05, 0) is 57.5 Å². The van der Waals surface area contributed by atoms with Gasteiger partial charge >= 0.3 is 0 Å². The fraction of sp³-hybridized carbons (Fsp3) is 0.440. The van der Waals surface area contributed by atoms with Gasteiger partial charge < -0.3 is 10.6 Å². The highest BCUT2D eigenvalue weighted by atomic mass is 35.5. The Kier molecular flexibility index (Phi) is 8.10. The summed E-state index contributed by atoms with van der Waals surface area (Å²) in [4.78, 5) is 28.1.